The standard InChI is InChI=1S/C19H21N5O3S2/c20-16-15(21-17(26)13-6-3-9-28-13)18(27)23-19(22-16)29-10-14(25)24-8-7-11-4-1-2-5-12(11)24/h1-6,9,15-16,19,22H,7-8,10,20H2,(H,21,26)(H,23,27). The SMILES string of the molecule is NC1NC(SCC(=O)N2CCc3ccccc32)NC(=O)C1NC(=O)c1cccs1. The number of rotatable bonds is 5. The maximum Gasteiger partial charge on any atom is 0.262 e. The summed E-state index contributed by atoms with van der Waals surface area (Å²) in [6.45, 7) is 0.666. The first-order valence-electron chi connectivity index (χ1n) is 9.19. The van der Waals surface area contributed by atoms with Gasteiger partial charge in [-0.05, 0) is 29.5 Å². The zero-order valence-corrected chi connectivity index (χ0v) is 17.1. The molecule has 10 heteroatoms. The Bertz CT molecular complexity index is 920. The molecule has 1 aromatic carbocycles. The second-order valence-electron chi connectivity index (χ2n) is 6.74. The number of anilines is 1. The first-order valence-corrected chi connectivity index (χ1v) is 11.1. The maximum atomic E-state index is 12.6. The van der Waals surface area contributed by atoms with E-state index in [4.69, 9.17) is 5.73 Å². The van der Waals surface area contributed by atoms with Crippen LogP contribution < -0.4 is 26.6 Å². The maximum absolute atomic E-state index is 12.6. The fraction of sp³-hybridized carbons (Fsp3) is 0.316. The molecule has 3 atom stereocenters. The molecule has 1 fully saturated rings. The van der Waals surface area contributed by atoms with Crippen LogP contribution in [0.5, 0.6) is 0 Å². The van der Waals surface area contributed by atoms with Crippen LogP contribution >= 0.6 is 23.1 Å². The molecular formula is C19H21N5O3S2. The number of para-hydroxylation sites is 1. The second-order valence-corrected chi connectivity index (χ2v) is 8.79. The number of nitrogens with two attached hydrogens (primary N) is 1. The lowest BCUT2D eigenvalue weighted by atomic mass is 10.2. The molecule has 2 aliphatic rings. The van der Waals surface area contributed by atoms with Crippen LogP contribution in [0, 0.1) is 0 Å². The Morgan fingerprint density at radius 3 is 2.86 bits per heavy atom. The molecule has 0 aliphatic carbocycles. The topological polar surface area (TPSA) is 117 Å². The van der Waals surface area contributed by atoms with Crippen molar-refractivity contribution in [3.8, 4) is 0 Å². The average molecular weight is 432 g/mol. The van der Waals surface area contributed by atoms with Gasteiger partial charge >= 0.3 is 0 Å². The zero-order valence-electron chi connectivity index (χ0n) is 15.5. The smallest absolute Gasteiger partial charge is 0.262 e. The van der Waals surface area contributed by atoms with Crippen LogP contribution in [-0.2, 0) is 16.0 Å². The van der Waals surface area contributed by atoms with E-state index in [1.165, 1.54) is 28.7 Å². The van der Waals surface area contributed by atoms with Gasteiger partial charge in [-0.1, -0.05) is 24.3 Å². The molecule has 1 saturated heterocycles. The number of thiophene rings is 1. The number of carbonyl (C=O) groups excluding carboxylic acids is 3. The number of fused-ring (bicyclic) bond motifs is 1. The summed E-state index contributed by atoms with van der Waals surface area (Å²) < 4.78 is 0. The van der Waals surface area contributed by atoms with Gasteiger partial charge in [0.2, 0.25) is 11.8 Å². The first kappa shape index (κ1) is 19.9. The Kier molecular flexibility index (Phi) is 5.86. The third-order valence-corrected chi connectivity index (χ3v) is 6.72. The van der Waals surface area contributed by atoms with Gasteiger partial charge in [-0.2, -0.15) is 0 Å². The molecule has 2 aliphatic heterocycles. The molecule has 3 amide bonds. The monoisotopic (exact) mass is 431 g/mol. The molecule has 5 N–H and O–H groups in total. The van der Waals surface area contributed by atoms with Gasteiger partial charge in [-0.3, -0.25) is 19.7 Å². The van der Waals surface area contributed by atoms with Crippen molar-refractivity contribution in [2.45, 2.75) is 24.1 Å². The van der Waals surface area contributed by atoms with E-state index in [1.54, 1.807) is 22.4 Å². The Morgan fingerprint density at radius 1 is 1.28 bits per heavy atom. The third-order valence-electron chi connectivity index (χ3n) is 4.85. The Balaban J connectivity index is 1.30. The van der Waals surface area contributed by atoms with Crippen molar-refractivity contribution in [3.63, 3.8) is 0 Å². The Hall–Kier alpha value is -2.40. The Labute approximate surface area is 176 Å². The molecule has 29 heavy (non-hydrogen) atoms. The summed E-state index contributed by atoms with van der Waals surface area (Å²) in [7, 11) is 0. The quantitative estimate of drug-likeness (QED) is 0.547. The van der Waals surface area contributed by atoms with Crippen LogP contribution in [-0.4, -0.2) is 47.7 Å². The van der Waals surface area contributed by atoms with Crippen LogP contribution in [0.25, 0.3) is 0 Å². The minimum absolute atomic E-state index is 0.0160. The van der Waals surface area contributed by atoms with Crippen LogP contribution in [0.1, 0.15) is 15.2 Å². The molecule has 0 radical (unpaired) electrons. The van der Waals surface area contributed by atoms with E-state index in [0.29, 0.717) is 11.4 Å². The minimum atomic E-state index is -0.886. The molecule has 152 valence electrons. The van der Waals surface area contributed by atoms with Gasteiger partial charge in [0.1, 0.15) is 11.5 Å². The van der Waals surface area contributed by atoms with Crippen LogP contribution in [0.15, 0.2) is 41.8 Å². The van der Waals surface area contributed by atoms with E-state index in [2.05, 4.69) is 16.0 Å². The lowest BCUT2D eigenvalue weighted by Gasteiger charge is -2.35. The van der Waals surface area contributed by atoms with Crippen molar-refractivity contribution in [2.24, 2.45) is 5.73 Å². The van der Waals surface area contributed by atoms with E-state index in [0.717, 1.165) is 12.1 Å². The minimum Gasteiger partial charge on any atom is -0.337 e. The number of nitrogens with one attached hydrogen (secondary N) is 3. The molecule has 8 nitrogen and oxygen atoms in total. The number of hydrogen-bond acceptors (Lipinski definition) is 7. The predicted octanol–water partition coefficient (Wildman–Crippen LogP) is 0.457. The van der Waals surface area contributed by atoms with Gasteiger partial charge in [-0.15, -0.1) is 23.1 Å². The molecule has 0 bridgehead atoms. The van der Waals surface area contributed by atoms with E-state index >= 15 is 0 Å². The van der Waals surface area contributed by atoms with Gasteiger partial charge in [0.15, 0.2) is 0 Å². The summed E-state index contributed by atoms with van der Waals surface area (Å²) in [4.78, 5) is 39.5. The van der Waals surface area contributed by atoms with Crippen molar-refractivity contribution in [3.05, 3.63) is 52.2 Å². The van der Waals surface area contributed by atoms with Gasteiger partial charge in [-0.25, -0.2) is 0 Å². The molecular weight excluding hydrogens is 410 g/mol. The zero-order chi connectivity index (χ0) is 20.4. The summed E-state index contributed by atoms with van der Waals surface area (Å²) in [6, 6.07) is 10.4. The normalized spacial score (nSPS) is 23.4. The van der Waals surface area contributed by atoms with Crippen molar-refractivity contribution in [2.75, 3.05) is 17.2 Å². The summed E-state index contributed by atoms with van der Waals surface area (Å²) in [6.07, 6.45) is 0.0920. The largest absolute Gasteiger partial charge is 0.337 e. The number of hydrogen-bond donors (Lipinski definition) is 4. The third kappa shape index (κ3) is 4.30. The predicted molar refractivity (Wildman–Crippen MR) is 114 cm³/mol. The van der Waals surface area contributed by atoms with Crippen molar-refractivity contribution in [1.82, 2.24) is 16.0 Å². The van der Waals surface area contributed by atoms with Crippen LogP contribution in [0.3, 0.4) is 0 Å². The van der Waals surface area contributed by atoms with Gasteiger partial charge in [0.05, 0.1) is 16.8 Å². The summed E-state index contributed by atoms with van der Waals surface area (Å²) in [5.41, 5.74) is 7.67. The molecule has 1 aromatic heterocycles. The van der Waals surface area contributed by atoms with Crippen molar-refractivity contribution < 1.29 is 14.4 Å². The molecule has 0 saturated carbocycles. The van der Waals surface area contributed by atoms with Gasteiger partial charge in [0.25, 0.3) is 5.91 Å². The number of thioether (sulfide) groups is 1. The van der Waals surface area contributed by atoms with E-state index in [1.807, 2.05) is 24.3 Å². The van der Waals surface area contributed by atoms with E-state index in [-0.39, 0.29) is 23.5 Å². The highest BCUT2D eigenvalue weighted by Crippen LogP contribution is 2.28. The first-order chi connectivity index (χ1) is 14.0. The highest BCUT2D eigenvalue weighted by Gasteiger charge is 2.36. The molecule has 0 spiro atoms. The molecule has 3 heterocycles. The van der Waals surface area contributed by atoms with Gasteiger partial charge in [0, 0.05) is 12.2 Å². The second kappa shape index (κ2) is 8.54. The lowest BCUT2D eigenvalue weighted by molar-refractivity contribution is -0.125. The molecule has 3 unspecified atom stereocenters. The average Bonchev–Trinajstić information content (AvgIpc) is 3.38. The Morgan fingerprint density at radius 2 is 2.10 bits per heavy atom. The number of benzene rings is 1. The van der Waals surface area contributed by atoms with Crippen LogP contribution in [0.4, 0.5) is 5.69 Å². The molecule has 4 rings (SSSR count). The summed E-state index contributed by atoms with van der Waals surface area (Å²) in [5, 5.41) is 10.2. The summed E-state index contributed by atoms with van der Waals surface area (Å²) >= 11 is 2.56. The fourth-order valence-corrected chi connectivity index (χ4v) is 4.93. The lowest BCUT2D eigenvalue weighted by Crippen LogP contribution is -2.70. The molecule has 2 aromatic rings. The van der Waals surface area contributed by atoms with Crippen molar-refractivity contribution in [1.29, 1.82) is 0 Å². The van der Waals surface area contributed by atoms with Gasteiger partial charge < -0.3 is 21.3 Å². The fourth-order valence-electron chi connectivity index (χ4n) is 3.39. The number of amides is 3. The van der Waals surface area contributed by atoms with E-state index < -0.39 is 17.7 Å². The number of carbonyl (C=O) groups is 3. The van der Waals surface area contributed by atoms with Crippen LogP contribution in [0.2, 0.25) is 0 Å². The highest BCUT2D eigenvalue weighted by molar-refractivity contribution is 8.00. The summed E-state index contributed by atoms with van der Waals surface area (Å²) in [5.74, 6) is -0.535. The van der Waals surface area contributed by atoms with E-state index in [9.17, 15) is 14.4 Å². The highest BCUT2D eigenvalue weighted by atomic mass is 32.2. The number of nitrogens with zero attached hydrogens (tertiary/aromatic N) is 1. The van der Waals surface area contributed by atoms with Crippen molar-refractivity contribution >= 4 is 46.5 Å².